The second-order valence-electron chi connectivity index (χ2n) is 4.80. The Labute approximate surface area is 92.1 Å². The first-order chi connectivity index (χ1) is 6.83. The van der Waals surface area contributed by atoms with Crippen molar-refractivity contribution in [2.24, 2.45) is 5.41 Å². The van der Waals surface area contributed by atoms with Gasteiger partial charge in [0, 0.05) is 5.56 Å². The van der Waals surface area contributed by atoms with Crippen molar-refractivity contribution in [3.63, 3.8) is 0 Å². The van der Waals surface area contributed by atoms with Crippen molar-refractivity contribution in [3.8, 4) is 11.8 Å². The van der Waals surface area contributed by atoms with E-state index in [9.17, 15) is 5.11 Å². The van der Waals surface area contributed by atoms with E-state index in [1.807, 2.05) is 44.2 Å². The lowest BCUT2D eigenvalue weighted by atomic mass is 9.78. The van der Waals surface area contributed by atoms with E-state index in [1.165, 1.54) is 0 Å². The second kappa shape index (κ2) is 4.08. The maximum atomic E-state index is 9.92. The Hall–Kier alpha value is -1.26. The van der Waals surface area contributed by atoms with Crippen molar-refractivity contribution >= 4 is 0 Å². The van der Waals surface area contributed by atoms with E-state index < -0.39 is 11.0 Å². The molecule has 0 aliphatic carbocycles. The first-order valence-electron chi connectivity index (χ1n) is 5.13. The van der Waals surface area contributed by atoms with Gasteiger partial charge in [0.15, 0.2) is 0 Å². The zero-order valence-electron chi connectivity index (χ0n) is 9.83. The molecule has 0 aromatic heterocycles. The van der Waals surface area contributed by atoms with Crippen LogP contribution in [0.2, 0.25) is 0 Å². The van der Waals surface area contributed by atoms with Crippen LogP contribution in [0.25, 0.3) is 0 Å². The zero-order chi connectivity index (χ0) is 11.5. The molecule has 1 aromatic rings. The molecule has 0 saturated carbocycles. The minimum absolute atomic E-state index is 0.414. The fraction of sp³-hybridized carbons (Fsp3) is 0.429. The van der Waals surface area contributed by atoms with Gasteiger partial charge in [0.1, 0.15) is 0 Å². The van der Waals surface area contributed by atoms with Gasteiger partial charge >= 0.3 is 0 Å². The van der Waals surface area contributed by atoms with Crippen LogP contribution in [0, 0.1) is 17.3 Å². The first-order valence-corrected chi connectivity index (χ1v) is 5.13. The number of hydrogen-bond acceptors (Lipinski definition) is 1. The Morgan fingerprint density at radius 1 is 1.00 bits per heavy atom. The number of rotatable bonds is 1. The maximum Gasteiger partial charge on any atom is 0.0751 e. The summed E-state index contributed by atoms with van der Waals surface area (Å²) in [5, 5.41) is 9.92. The smallest absolute Gasteiger partial charge is 0.0751 e. The lowest BCUT2D eigenvalue weighted by Crippen LogP contribution is -2.37. The second-order valence-corrected chi connectivity index (χ2v) is 4.80. The highest BCUT2D eigenvalue weighted by molar-refractivity contribution is 5.35. The summed E-state index contributed by atoms with van der Waals surface area (Å²) in [6.07, 6.45) is 0. The van der Waals surface area contributed by atoms with Gasteiger partial charge in [-0.3, -0.25) is 0 Å². The lowest BCUT2D eigenvalue weighted by Gasteiger charge is -2.32. The molecule has 1 aromatic carbocycles. The average molecular weight is 202 g/mol. The molecule has 0 heterocycles. The van der Waals surface area contributed by atoms with Crippen LogP contribution in [0.15, 0.2) is 30.3 Å². The molecule has 0 aliphatic heterocycles. The average Bonchev–Trinajstić information content (AvgIpc) is 2.15. The zero-order valence-corrected chi connectivity index (χ0v) is 9.83. The summed E-state index contributed by atoms with van der Waals surface area (Å²) in [4.78, 5) is 0. The Balaban J connectivity index is 2.92. The first kappa shape index (κ1) is 11.8. The molecular formula is C14H18O. The highest BCUT2D eigenvalue weighted by Crippen LogP contribution is 2.29. The van der Waals surface area contributed by atoms with Gasteiger partial charge in [-0.25, -0.2) is 0 Å². The molecule has 1 N–H and O–H groups in total. The van der Waals surface area contributed by atoms with Crippen molar-refractivity contribution < 1.29 is 5.11 Å². The van der Waals surface area contributed by atoms with Crippen LogP contribution in [-0.2, 0) is 0 Å². The summed E-state index contributed by atoms with van der Waals surface area (Å²) < 4.78 is 0. The van der Waals surface area contributed by atoms with Gasteiger partial charge in [0.05, 0.1) is 11.0 Å². The third-order valence-corrected chi connectivity index (χ3v) is 2.82. The summed E-state index contributed by atoms with van der Waals surface area (Å²) in [5.41, 5.74) is -0.229. The maximum absolute atomic E-state index is 9.92. The Morgan fingerprint density at radius 3 is 2.00 bits per heavy atom. The molecule has 80 valence electrons. The van der Waals surface area contributed by atoms with Crippen LogP contribution < -0.4 is 0 Å². The quantitative estimate of drug-likeness (QED) is 0.694. The van der Waals surface area contributed by atoms with E-state index in [1.54, 1.807) is 13.8 Å². The molecule has 0 unspecified atom stereocenters. The molecule has 0 amide bonds. The van der Waals surface area contributed by atoms with E-state index in [4.69, 9.17) is 0 Å². The Bertz CT molecular complexity index is 371. The minimum Gasteiger partial charge on any atom is -0.389 e. The van der Waals surface area contributed by atoms with E-state index in [0.717, 1.165) is 5.56 Å². The van der Waals surface area contributed by atoms with Crippen LogP contribution in [0.1, 0.15) is 33.3 Å². The fourth-order valence-electron chi connectivity index (χ4n) is 0.903. The van der Waals surface area contributed by atoms with Gasteiger partial charge in [-0.2, -0.15) is 0 Å². The van der Waals surface area contributed by atoms with Gasteiger partial charge in [-0.05, 0) is 39.8 Å². The molecule has 0 bridgehead atoms. The van der Waals surface area contributed by atoms with Crippen LogP contribution in [-0.4, -0.2) is 10.7 Å². The van der Waals surface area contributed by atoms with E-state index in [-0.39, 0.29) is 0 Å². The monoisotopic (exact) mass is 202 g/mol. The van der Waals surface area contributed by atoms with E-state index in [0.29, 0.717) is 0 Å². The van der Waals surface area contributed by atoms with Gasteiger partial charge in [0.25, 0.3) is 0 Å². The van der Waals surface area contributed by atoms with Crippen molar-refractivity contribution in [1.29, 1.82) is 0 Å². The van der Waals surface area contributed by atoms with E-state index in [2.05, 4.69) is 11.8 Å². The van der Waals surface area contributed by atoms with Crippen molar-refractivity contribution in [3.05, 3.63) is 35.9 Å². The van der Waals surface area contributed by atoms with Gasteiger partial charge in [-0.1, -0.05) is 30.0 Å². The van der Waals surface area contributed by atoms with Crippen LogP contribution in [0.3, 0.4) is 0 Å². The van der Waals surface area contributed by atoms with Crippen molar-refractivity contribution in [2.45, 2.75) is 33.3 Å². The topological polar surface area (TPSA) is 20.2 Å². The summed E-state index contributed by atoms with van der Waals surface area (Å²) in [7, 11) is 0. The van der Waals surface area contributed by atoms with Crippen LogP contribution >= 0.6 is 0 Å². The normalized spacial score (nSPS) is 11.8. The van der Waals surface area contributed by atoms with Gasteiger partial charge < -0.3 is 5.11 Å². The van der Waals surface area contributed by atoms with Gasteiger partial charge in [-0.15, -0.1) is 0 Å². The van der Waals surface area contributed by atoms with Crippen LogP contribution in [0.4, 0.5) is 0 Å². The highest BCUT2D eigenvalue weighted by Gasteiger charge is 2.33. The molecule has 1 nitrogen and oxygen atoms in total. The molecule has 0 radical (unpaired) electrons. The van der Waals surface area contributed by atoms with Crippen LogP contribution in [0.5, 0.6) is 0 Å². The number of hydrogen-bond donors (Lipinski definition) is 1. The predicted octanol–water partition coefficient (Wildman–Crippen LogP) is 2.84. The van der Waals surface area contributed by atoms with Gasteiger partial charge in [0.2, 0.25) is 0 Å². The third-order valence-electron chi connectivity index (χ3n) is 2.82. The molecule has 1 heteroatoms. The molecule has 15 heavy (non-hydrogen) atoms. The Morgan fingerprint density at radius 2 is 1.53 bits per heavy atom. The molecule has 1 rings (SSSR count). The van der Waals surface area contributed by atoms with Crippen molar-refractivity contribution in [1.82, 2.24) is 0 Å². The summed E-state index contributed by atoms with van der Waals surface area (Å²) in [6.45, 7) is 7.46. The summed E-state index contributed by atoms with van der Waals surface area (Å²) >= 11 is 0. The molecule has 0 aliphatic rings. The molecular weight excluding hydrogens is 184 g/mol. The van der Waals surface area contributed by atoms with Crippen molar-refractivity contribution in [2.75, 3.05) is 0 Å². The fourth-order valence-corrected chi connectivity index (χ4v) is 0.903. The molecule has 0 saturated heterocycles. The Kier molecular flexibility index (Phi) is 3.21. The third kappa shape index (κ3) is 3.11. The van der Waals surface area contributed by atoms with E-state index >= 15 is 0 Å². The minimum atomic E-state index is -0.797. The molecule has 0 spiro atoms. The highest BCUT2D eigenvalue weighted by atomic mass is 16.3. The lowest BCUT2D eigenvalue weighted by molar-refractivity contribution is -0.00215. The SMILES string of the molecule is CC(C)(O)C(C)(C)C#Cc1ccccc1. The predicted molar refractivity (Wildman–Crippen MR) is 63.4 cm³/mol. The molecule has 0 fully saturated rings. The summed E-state index contributed by atoms with van der Waals surface area (Å²) in [6, 6.07) is 9.81. The standard InChI is InChI=1S/C14H18O/c1-13(2,14(3,4)15)11-10-12-8-6-5-7-9-12/h5-9,15H,1-4H3. The largest absolute Gasteiger partial charge is 0.389 e. The number of aliphatic hydroxyl groups is 1. The molecule has 0 atom stereocenters. The number of benzene rings is 1. The summed E-state index contributed by atoms with van der Waals surface area (Å²) in [5.74, 6) is 6.20.